The van der Waals surface area contributed by atoms with Gasteiger partial charge in [-0.1, -0.05) is 18.1 Å². The fourth-order valence-electron chi connectivity index (χ4n) is 2.98. The molecule has 0 saturated carbocycles. The number of pyridine rings is 1. The molecule has 160 valence electrons. The number of carbonyl (C=O) groups excluding carboxylic acids is 2. The molecule has 0 atom stereocenters. The van der Waals surface area contributed by atoms with Crippen molar-refractivity contribution < 1.29 is 14.7 Å². The van der Waals surface area contributed by atoms with E-state index < -0.39 is 11.5 Å². The predicted molar refractivity (Wildman–Crippen MR) is 118 cm³/mol. The maximum absolute atomic E-state index is 12.7. The molecule has 0 aliphatic heterocycles. The molecule has 4 N–H and O–H groups in total. The molecular formula is C23H20N6O3. The number of H-pyrrole nitrogens is 2. The summed E-state index contributed by atoms with van der Waals surface area (Å²) < 4.78 is 0. The Morgan fingerprint density at radius 3 is 2.72 bits per heavy atom. The number of aliphatic hydroxyl groups is 1. The zero-order valence-electron chi connectivity index (χ0n) is 17.4. The lowest BCUT2D eigenvalue weighted by Crippen LogP contribution is -2.16. The highest BCUT2D eigenvalue weighted by atomic mass is 16.3. The molecule has 1 aromatic carbocycles. The van der Waals surface area contributed by atoms with Crippen molar-refractivity contribution in [2.45, 2.75) is 25.9 Å². The van der Waals surface area contributed by atoms with Crippen LogP contribution in [0.1, 0.15) is 46.2 Å². The first-order chi connectivity index (χ1) is 15.3. The number of rotatable bonds is 5. The van der Waals surface area contributed by atoms with Crippen LogP contribution in [0, 0.1) is 11.8 Å². The molecule has 0 saturated heterocycles. The van der Waals surface area contributed by atoms with Gasteiger partial charge in [-0.3, -0.25) is 14.9 Å². The summed E-state index contributed by atoms with van der Waals surface area (Å²) in [5.41, 5.74) is 0.829. The number of fused-ring (bicyclic) bond motifs is 1. The minimum atomic E-state index is -1.17. The molecule has 4 aromatic rings. The highest BCUT2D eigenvalue weighted by Gasteiger charge is 2.17. The SMILES string of the molecule is CC(C)(O)C#Cc1cccc(C(=O)Nc2nc3c(C(=O)Cc4ncc[nH]4)cccc3[nH]2)n1. The first-order valence-corrected chi connectivity index (χ1v) is 9.83. The fourth-order valence-corrected chi connectivity index (χ4v) is 2.98. The molecule has 9 heteroatoms. The van der Waals surface area contributed by atoms with Gasteiger partial charge < -0.3 is 15.1 Å². The number of anilines is 1. The molecule has 0 aliphatic rings. The van der Waals surface area contributed by atoms with E-state index in [4.69, 9.17) is 0 Å². The number of imidazole rings is 2. The number of benzene rings is 1. The van der Waals surface area contributed by atoms with E-state index in [0.717, 1.165) is 0 Å². The number of para-hydroxylation sites is 1. The molecule has 0 unspecified atom stereocenters. The van der Waals surface area contributed by atoms with Crippen LogP contribution in [0.15, 0.2) is 48.8 Å². The topological polar surface area (TPSA) is 137 Å². The van der Waals surface area contributed by atoms with Crippen LogP contribution in [0.5, 0.6) is 0 Å². The molecule has 0 spiro atoms. The zero-order chi connectivity index (χ0) is 22.7. The summed E-state index contributed by atoms with van der Waals surface area (Å²) >= 11 is 0. The molecular weight excluding hydrogens is 408 g/mol. The molecule has 32 heavy (non-hydrogen) atoms. The van der Waals surface area contributed by atoms with Gasteiger partial charge in [-0.2, -0.15) is 0 Å². The monoisotopic (exact) mass is 428 g/mol. The van der Waals surface area contributed by atoms with Crippen LogP contribution in [0.4, 0.5) is 5.95 Å². The Morgan fingerprint density at radius 2 is 1.97 bits per heavy atom. The van der Waals surface area contributed by atoms with Gasteiger partial charge in [0.05, 0.1) is 11.9 Å². The molecule has 4 rings (SSSR count). The van der Waals surface area contributed by atoms with Crippen molar-refractivity contribution in [2.24, 2.45) is 0 Å². The number of ketones is 1. The Kier molecular flexibility index (Phi) is 5.54. The number of aromatic nitrogens is 5. The van der Waals surface area contributed by atoms with Gasteiger partial charge in [0.25, 0.3) is 5.91 Å². The van der Waals surface area contributed by atoms with Crippen LogP contribution < -0.4 is 5.32 Å². The van der Waals surface area contributed by atoms with Gasteiger partial charge in [0.2, 0.25) is 5.95 Å². The standard InChI is InChI=1S/C23H20N6O3/c1-23(2,32)10-9-14-5-3-8-17(26-14)21(31)29-22-27-16-7-4-6-15(20(16)28-22)18(30)13-19-24-11-12-25-19/h3-8,11-12,32H,13H2,1-2H3,(H,24,25)(H2,27,28,29,31). The Bertz CT molecular complexity index is 1350. The third-order valence-corrected chi connectivity index (χ3v) is 4.41. The summed E-state index contributed by atoms with van der Waals surface area (Å²) in [5, 5.41) is 12.4. The minimum absolute atomic E-state index is 0.114. The molecule has 3 heterocycles. The van der Waals surface area contributed by atoms with E-state index in [1.54, 1.807) is 62.6 Å². The Morgan fingerprint density at radius 1 is 1.16 bits per heavy atom. The molecule has 0 radical (unpaired) electrons. The van der Waals surface area contributed by atoms with E-state index in [2.05, 4.69) is 42.1 Å². The lowest BCUT2D eigenvalue weighted by Gasteiger charge is -2.06. The Balaban J connectivity index is 1.55. The van der Waals surface area contributed by atoms with E-state index in [-0.39, 0.29) is 23.8 Å². The smallest absolute Gasteiger partial charge is 0.276 e. The zero-order valence-corrected chi connectivity index (χ0v) is 17.4. The molecule has 0 bridgehead atoms. The second kappa shape index (κ2) is 8.45. The number of hydrogen-bond acceptors (Lipinski definition) is 6. The van der Waals surface area contributed by atoms with Crippen LogP contribution in [0.3, 0.4) is 0 Å². The second-order valence-corrected chi connectivity index (χ2v) is 7.59. The number of nitrogens with zero attached hydrogens (tertiary/aromatic N) is 3. The quantitative estimate of drug-likeness (QED) is 0.285. The Hall–Kier alpha value is -4.29. The van der Waals surface area contributed by atoms with Crippen molar-refractivity contribution in [1.29, 1.82) is 0 Å². The van der Waals surface area contributed by atoms with Crippen LogP contribution in [0.25, 0.3) is 11.0 Å². The van der Waals surface area contributed by atoms with Crippen LogP contribution in [-0.2, 0) is 6.42 Å². The number of aromatic amines is 2. The second-order valence-electron chi connectivity index (χ2n) is 7.59. The summed E-state index contributed by atoms with van der Waals surface area (Å²) in [6.07, 6.45) is 3.36. The normalized spacial score (nSPS) is 11.1. The van der Waals surface area contributed by atoms with Crippen LogP contribution in [0.2, 0.25) is 0 Å². The number of amides is 1. The minimum Gasteiger partial charge on any atom is -0.378 e. The average Bonchev–Trinajstić information content (AvgIpc) is 3.40. The maximum Gasteiger partial charge on any atom is 0.276 e. The molecule has 3 aromatic heterocycles. The van der Waals surface area contributed by atoms with Gasteiger partial charge in [-0.05, 0) is 44.0 Å². The molecule has 1 amide bonds. The predicted octanol–water partition coefficient (Wildman–Crippen LogP) is 2.48. The van der Waals surface area contributed by atoms with Gasteiger partial charge in [0.1, 0.15) is 28.3 Å². The number of nitrogens with one attached hydrogen (secondary N) is 3. The number of hydrogen-bond donors (Lipinski definition) is 4. The lowest BCUT2D eigenvalue weighted by atomic mass is 10.1. The summed E-state index contributed by atoms with van der Waals surface area (Å²) in [7, 11) is 0. The van der Waals surface area contributed by atoms with Crippen molar-refractivity contribution in [3.05, 3.63) is 71.6 Å². The largest absolute Gasteiger partial charge is 0.378 e. The van der Waals surface area contributed by atoms with E-state index in [1.165, 1.54) is 0 Å². The van der Waals surface area contributed by atoms with Gasteiger partial charge in [-0.25, -0.2) is 15.0 Å². The molecule has 0 fully saturated rings. The van der Waals surface area contributed by atoms with Crippen molar-refractivity contribution >= 4 is 28.7 Å². The van der Waals surface area contributed by atoms with Gasteiger partial charge in [0, 0.05) is 18.0 Å². The molecule has 0 aliphatic carbocycles. The van der Waals surface area contributed by atoms with Crippen LogP contribution in [-0.4, -0.2) is 47.3 Å². The third-order valence-electron chi connectivity index (χ3n) is 4.41. The first-order valence-electron chi connectivity index (χ1n) is 9.83. The van der Waals surface area contributed by atoms with Crippen molar-refractivity contribution in [1.82, 2.24) is 24.9 Å². The Labute approximate surface area is 183 Å². The van der Waals surface area contributed by atoms with E-state index >= 15 is 0 Å². The highest BCUT2D eigenvalue weighted by Crippen LogP contribution is 2.20. The number of carbonyl (C=O) groups is 2. The van der Waals surface area contributed by atoms with Gasteiger partial charge in [-0.15, -0.1) is 0 Å². The summed E-state index contributed by atoms with van der Waals surface area (Å²) in [6.45, 7) is 3.12. The van der Waals surface area contributed by atoms with Crippen LogP contribution >= 0.6 is 0 Å². The fraction of sp³-hybridized carbons (Fsp3) is 0.174. The van der Waals surface area contributed by atoms with E-state index in [9.17, 15) is 14.7 Å². The average molecular weight is 428 g/mol. The first kappa shape index (κ1) is 21.0. The maximum atomic E-state index is 12.7. The van der Waals surface area contributed by atoms with Crippen molar-refractivity contribution in [2.75, 3.05) is 5.32 Å². The summed E-state index contributed by atoms with van der Waals surface area (Å²) in [4.78, 5) is 44.0. The van der Waals surface area contributed by atoms with E-state index in [0.29, 0.717) is 28.1 Å². The van der Waals surface area contributed by atoms with Gasteiger partial charge >= 0.3 is 0 Å². The van der Waals surface area contributed by atoms with Crippen molar-refractivity contribution in [3.63, 3.8) is 0 Å². The third kappa shape index (κ3) is 4.88. The highest BCUT2D eigenvalue weighted by molar-refractivity contribution is 6.08. The number of Topliss-reactive ketones (excluding diaryl/α,β-unsaturated/α-hetero) is 1. The van der Waals surface area contributed by atoms with Gasteiger partial charge in [0.15, 0.2) is 5.78 Å². The van der Waals surface area contributed by atoms with Crippen molar-refractivity contribution in [3.8, 4) is 11.8 Å². The molecule has 9 nitrogen and oxygen atoms in total. The lowest BCUT2D eigenvalue weighted by molar-refractivity contribution is 0.0990. The summed E-state index contributed by atoms with van der Waals surface area (Å²) in [5.74, 6) is 5.53. The van der Waals surface area contributed by atoms with E-state index in [1.807, 2.05) is 0 Å². The summed E-state index contributed by atoms with van der Waals surface area (Å²) in [6, 6.07) is 10.0.